The Kier molecular flexibility index (Phi) is 4.75. The molecule has 0 atom stereocenters. The Labute approximate surface area is 153 Å². The van der Waals surface area contributed by atoms with Crippen molar-refractivity contribution in [3.8, 4) is 11.5 Å². The molecule has 0 aliphatic carbocycles. The molecule has 0 aliphatic rings. The molecule has 1 aromatic carbocycles. The average Bonchev–Trinajstić information content (AvgIpc) is 3.00. The molecule has 124 valence electrons. The molecule has 0 fully saturated rings. The van der Waals surface area contributed by atoms with Gasteiger partial charge in [-0.15, -0.1) is 0 Å². The summed E-state index contributed by atoms with van der Waals surface area (Å²) in [5.41, 5.74) is 3.80. The van der Waals surface area contributed by atoms with Crippen LogP contribution in [0.2, 0.25) is 0 Å². The molecule has 0 aliphatic heterocycles. The molecular formula is C18H18IN3O2. The van der Waals surface area contributed by atoms with Crippen LogP contribution in [0, 0.1) is 24.3 Å². The Morgan fingerprint density at radius 3 is 2.54 bits per heavy atom. The summed E-state index contributed by atoms with van der Waals surface area (Å²) < 4.78 is 8.50. The summed E-state index contributed by atoms with van der Waals surface area (Å²) in [6.07, 6.45) is 3.62. The number of aromatic nitrogens is 3. The van der Waals surface area contributed by atoms with Crippen molar-refractivity contribution in [3.63, 3.8) is 0 Å². The summed E-state index contributed by atoms with van der Waals surface area (Å²) in [6, 6.07) is 7.90. The Bertz CT molecular complexity index is 910. The fourth-order valence-corrected chi connectivity index (χ4v) is 3.24. The number of aromatic amines is 1. The lowest BCUT2D eigenvalue weighted by atomic mass is 10.1. The van der Waals surface area contributed by atoms with E-state index in [1.54, 1.807) is 6.20 Å². The van der Waals surface area contributed by atoms with Crippen LogP contribution < -0.4 is 10.3 Å². The van der Waals surface area contributed by atoms with E-state index in [1.807, 2.05) is 72.4 Å². The highest BCUT2D eigenvalue weighted by atomic mass is 127. The van der Waals surface area contributed by atoms with Crippen LogP contribution in [-0.4, -0.2) is 14.8 Å². The van der Waals surface area contributed by atoms with Gasteiger partial charge in [-0.25, -0.2) is 0 Å². The zero-order valence-corrected chi connectivity index (χ0v) is 15.9. The predicted octanol–water partition coefficient (Wildman–Crippen LogP) is 3.94. The number of ether oxygens (including phenoxy) is 1. The topological polar surface area (TPSA) is 59.9 Å². The minimum atomic E-state index is -0.142. The van der Waals surface area contributed by atoms with Crippen LogP contribution in [-0.2, 0) is 6.54 Å². The minimum absolute atomic E-state index is 0.142. The van der Waals surface area contributed by atoms with Crippen LogP contribution in [0.4, 0.5) is 0 Å². The average molecular weight is 435 g/mol. The number of pyridine rings is 1. The van der Waals surface area contributed by atoms with Gasteiger partial charge >= 0.3 is 0 Å². The Morgan fingerprint density at radius 2 is 1.92 bits per heavy atom. The quantitative estimate of drug-likeness (QED) is 0.632. The lowest BCUT2D eigenvalue weighted by Crippen LogP contribution is -2.17. The molecule has 0 radical (unpaired) electrons. The number of aryl methyl sites for hydroxylation is 3. The number of benzene rings is 1. The second kappa shape index (κ2) is 6.80. The molecular weight excluding hydrogens is 417 g/mol. The van der Waals surface area contributed by atoms with Crippen molar-refractivity contribution in [1.82, 2.24) is 14.8 Å². The molecule has 5 nitrogen and oxygen atoms in total. The summed E-state index contributed by atoms with van der Waals surface area (Å²) in [6.45, 7) is 6.47. The number of rotatable bonds is 4. The van der Waals surface area contributed by atoms with Crippen LogP contribution in [0.1, 0.15) is 22.4 Å². The van der Waals surface area contributed by atoms with Crippen molar-refractivity contribution in [2.45, 2.75) is 27.3 Å². The lowest BCUT2D eigenvalue weighted by Gasteiger charge is -2.16. The van der Waals surface area contributed by atoms with Crippen molar-refractivity contribution >= 4 is 22.6 Å². The van der Waals surface area contributed by atoms with Crippen LogP contribution in [0.15, 0.2) is 41.5 Å². The van der Waals surface area contributed by atoms with Gasteiger partial charge in [-0.2, -0.15) is 5.10 Å². The number of hydrogen-bond donors (Lipinski definition) is 1. The number of halogens is 1. The summed E-state index contributed by atoms with van der Waals surface area (Å²) in [5, 5.41) is 4.25. The van der Waals surface area contributed by atoms with Gasteiger partial charge in [-0.05, 0) is 72.7 Å². The van der Waals surface area contributed by atoms with Crippen molar-refractivity contribution in [3.05, 3.63) is 73.0 Å². The van der Waals surface area contributed by atoms with E-state index >= 15 is 0 Å². The van der Waals surface area contributed by atoms with Crippen molar-refractivity contribution < 1.29 is 4.74 Å². The van der Waals surface area contributed by atoms with Gasteiger partial charge in [-0.1, -0.05) is 6.07 Å². The van der Waals surface area contributed by atoms with E-state index in [0.29, 0.717) is 15.9 Å². The molecule has 2 aromatic heterocycles. The van der Waals surface area contributed by atoms with E-state index in [-0.39, 0.29) is 5.56 Å². The van der Waals surface area contributed by atoms with Crippen LogP contribution >= 0.6 is 22.6 Å². The smallest absolute Gasteiger partial charge is 0.265 e. The van der Waals surface area contributed by atoms with Gasteiger partial charge < -0.3 is 9.72 Å². The molecule has 0 spiro atoms. The molecule has 24 heavy (non-hydrogen) atoms. The predicted molar refractivity (Wildman–Crippen MR) is 102 cm³/mol. The van der Waals surface area contributed by atoms with E-state index in [2.05, 4.69) is 16.1 Å². The first-order chi connectivity index (χ1) is 11.4. The Hall–Kier alpha value is -2.09. The van der Waals surface area contributed by atoms with Gasteiger partial charge in [0.25, 0.3) is 5.56 Å². The monoisotopic (exact) mass is 435 g/mol. The van der Waals surface area contributed by atoms with E-state index in [0.717, 1.165) is 28.1 Å². The second-order valence-corrected chi connectivity index (χ2v) is 6.91. The molecule has 0 saturated heterocycles. The normalized spacial score (nSPS) is 10.8. The van der Waals surface area contributed by atoms with E-state index in [9.17, 15) is 4.79 Å². The van der Waals surface area contributed by atoms with Crippen molar-refractivity contribution in [1.29, 1.82) is 0 Å². The molecule has 0 amide bonds. The molecule has 2 heterocycles. The highest BCUT2D eigenvalue weighted by molar-refractivity contribution is 14.1. The van der Waals surface area contributed by atoms with Crippen LogP contribution in [0.3, 0.4) is 0 Å². The van der Waals surface area contributed by atoms with Gasteiger partial charge in [0.1, 0.15) is 9.32 Å². The molecule has 3 rings (SSSR count). The zero-order valence-electron chi connectivity index (χ0n) is 13.8. The molecule has 6 heteroatoms. The van der Waals surface area contributed by atoms with Gasteiger partial charge in [-0.3, -0.25) is 9.48 Å². The van der Waals surface area contributed by atoms with E-state index in [4.69, 9.17) is 4.74 Å². The number of H-pyrrole nitrogens is 1. The third kappa shape index (κ3) is 3.53. The molecule has 0 saturated carbocycles. The molecule has 0 unspecified atom stereocenters. The Morgan fingerprint density at radius 1 is 1.21 bits per heavy atom. The summed E-state index contributed by atoms with van der Waals surface area (Å²) in [5.74, 6) is 1.33. The number of nitrogens with one attached hydrogen (secondary N) is 1. The molecule has 0 bridgehead atoms. The van der Waals surface area contributed by atoms with Crippen molar-refractivity contribution in [2.75, 3.05) is 0 Å². The number of hydrogen-bond acceptors (Lipinski definition) is 3. The lowest BCUT2D eigenvalue weighted by molar-refractivity contribution is 0.464. The minimum Gasteiger partial charge on any atom is -0.456 e. The van der Waals surface area contributed by atoms with Crippen LogP contribution in [0.5, 0.6) is 11.5 Å². The zero-order chi connectivity index (χ0) is 17.3. The third-order valence-electron chi connectivity index (χ3n) is 3.72. The SMILES string of the molecule is Cc1cc(C)cc(Oc2c(Cn3cccn3)c(C)[nH]c(=O)c2I)c1. The van der Waals surface area contributed by atoms with Crippen LogP contribution in [0.25, 0.3) is 0 Å². The standard InChI is InChI=1S/C18H18IN3O2/c1-11-7-12(2)9-14(8-11)24-17-15(10-22-6-4-5-20-22)13(3)21-18(23)16(17)19/h4-9H,10H2,1-3H3,(H,21,23). The van der Waals surface area contributed by atoms with E-state index in [1.165, 1.54) is 0 Å². The van der Waals surface area contributed by atoms with Gasteiger partial charge in [0.2, 0.25) is 0 Å². The second-order valence-electron chi connectivity index (χ2n) is 5.83. The first-order valence-corrected chi connectivity index (χ1v) is 8.67. The maximum atomic E-state index is 12.2. The fourth-order valence-electron chi connectivity index (χ4n) is 2.67. The summed E-state index contributed by atoms with van der Waals surface area (Å²) in [7, 11) is 0. The maximum absolute atomic E-state index is 12.2. The van der Waals surface area contributed by atoms with Gasteiger partial charge in [0.15, 0.2) is 5.75 Å². The van der Waals surface area contributed by atoms with Crippen molar-refractivity contribution in [2.24, 2.45) is 0 Å². The highest BCUT2D eigenvalue weighted by Gasteiger charge is 2.17. The Balaban J connectivity index is 2.09. The summed E-state index contributed by atoms with van der Waals surface area (Å²) in [4.78, 5) is 15.1. The van der Waals surface area contributed by atoms with Gasteiger partial charge in [0.05, 0.1) is 6.54 Å². The molecule has 1 N–H and O–H groups in total. The third-order valence-corrected chi connectivity index (χ3v) is 4.70. The van der Waals surface area contributed by atoms with Gasteiger partial charge in [0, 0.05) is 23.7 Å². The largest absolute Gasteiger partial charge is 0.456 e. The maximum Gasteiger partial charge on any atom is 0.265 e. The molecule has 3 aromatic rings. The first-order valence-electron chi connectivity index (χ1n) is 7.59. The fraction of sp³-hybridized carbons (Fsp3) is 0.222. The van der Waals surface area contributed by atoms with E-state index < -0.39 is 0 Å². The first kappa shape index (κ1) is 16.8. The summed E-state index contributed by atoms with van der Waals surface area (Å²) >= 11 is 2.03. The highest BCUT2D eigenvalue weighted by Crippen LogP contribution is 2.31. The number of nitrogens with zero attached hydrogens (tertiary/aromatic N) is 2.